The molecule has 3 N–H and O–H groups in total. The Morgan fingerprint density at radius 1 is 1.44 bits per heavy atom. The first-order chi connectivity index (χ1) is 8.76. The summed E-state index contributed by atoms with van der Waals surface area (Å²) in [6.45, 7) is 6.78. The van der Waals surface area contributed by atoms with Gasteiger partial charge < -0.3 is 10.2 Å². The monoisotopic (exact) mass is 273 g/mol. The standard InChI is InChI=1S/C11H23N5OS/c1-4-9(5-2)16(6-7-17-3)8-10-11(13-12)18-15-14-10/h9,13H,4-8,12H2,1-3H3. The third-order valence-electron chi connectivity index (χ3n) is 3.08. The van der Waals surface area contributed by atoms with Crippen molar-refractivity contribution in [3.8, 4) is 0 Å². The topological polar surface area (TPSA) is 76.3 Å². The van der Waals surface area contributed by atoms with Crippen molar-refractivity contribution in [1.29, 1.82) is 0 Å². The van der Waals surface area contributed by atoms with Crippen LogP contribution in [-0.2, 0) is 11.3 Å². The highest BCUT2D eigenvalue weighted by atomic mass is 32.1. The molecule has 0 fully saturated rings. The van der Waals surface area contributed by atoms with Crippen LogP contribution in [0.2, 0.25) is 0 Å². The second-order valence-electron chi connectivity index (χ2n) is 4.13. The highest BCUT2D eigenvalue weighted by molar-refractivity contribution is 7.10. The van der Waals surface area contributed by atoms with E-state index in [4.69, 9.17) is 10.6 Å². The zero-order valence-corrected chi connectivity index (χ0v) is 12.2. The molecule has 0 aliphatic carbocycles. The highest BCUT2D eigenvalue weighted by Crippen LogP contribution is 2.20. The van der Waals surface area contributed by atoms with E-state index in [0.717, 1.165) is 43.2 Å². The molecular formula is C11H23N5OS. The molecule has 1 aromatic rings. The Kier molecular flexibility index (Phi) is 7.11. The average molecular weight is 273 g/mol. The summed E-state index contributed by atoms with van der Waals surface area (Å²) < 4.78 is 9.10. The first-order valence-corrected chi connectivity index (χ1v) is 7.04. The number of rotatable bonds is 9. The number of hydrogen-bond donors (Lipinski definition) is 2. The van der Waals surface area contributed by atoms with Gasteiger partial charge in [0.15, 0.2) is 0 Å². The summed E-state index contributed by atoms with van der Waals surface area (Å²) in [6, 6.07) is 0.535. The number of nitrogens with one attached hydrogen (secondary N) is 1. The van der Waals surface area contributed by atoms with Crippen LogP contribution in [0.15, 0.2) is 0 Å². The molecule has 0 radical (unpaired) electrons. The summed E-state index contributed by atoms with van der Waals surface area (Å²) >= 11 is 1.29. The van der Waals surface area contributed by atoms with Crippen molar-refractivity contribution < 1.29 is 4.74 Å². The van der Waals surface area contributed by atoms with Crippen molar-refractivity contribution in [2.24, 2.45) is 5.84 Å². The quantitative estimate of drug-likeness (QED) is 0.524. The van der Waals surface area contributed by atoms with Crippen LogP contribution in [0.1, 0.15) is 32.4 Å². The molecule has 0 spiro atoms. The van der Waals surface area contributed by atoms with E-state index >= 15 is 0 Å². The van der Waals surface area contributed by atoms with Crippen LogP contribution in [-0.4, -0.2) is 40.8 Å². The molecule has 0 amide bonds. The molecule has 0 unspecified atom stereocenters. The van der Waals surface area contributed by atoms with E-state index in [-0.39, 0.29) is 0 Å². The van der Waals surface area contributed by atoms with Crippen molar-refractivity contribution >= 4 is 16.5 Å². The van der Waals surface area contributed by atoms with Crippen molar-refractivity contribution in [2.75, 3.05) is 25.7 Å². The fourth-order valence-corrected chi connectivity index (χ4v) is 2.50. The Labute approximate surface area is 113 Å². The van der Waals surface area contributed by atoms with E-state index in [1.807, 2.05) is 0 Å². The Morgan fingerprint density at radius 3 is 2.72 bits per heavy atom. The van der Waals surface area contributed by atoms with Crippen LogP contribution in [0.5, 0.6) is 0 Å². The van der Waals surface area contributed by atoms with Crippen LogP contribution in [0, 0.1) is 0 Å². The first kappa shape index (κ1) is 15.3. The Balaban J connectivity index is 2.70. The van der Waals surface area contributed by atoms with E-state index in [1.54, 1.807) is 7.11 Å². The zero-order valence-electron chi connectivity index (χ0n) is 11.3. The van der Waals surface area contributed by atoms with Crippen LogP contribution >= 0.6 is 11.5 Å². The minimum absolute atomic E-state index is 0.535. The first-order valence-electron chi connectivity index (χ1n) is 6.27. The molecule has 104 valence electrons. The molecule has 6 nitrogen and oxygen atoms in total. The van der Waals surface area contributed by atoms with E-state index in [2.05, 4.69) is 33.8 Å². The number of ether oxygens (including phenoxy) is 1. The van der Waals surface area contributed by atoms with Crippen molar-refractivity contribution in [1.82, 2.24) is 14.5 Å². The van der Waals surface area contributed by atoms with Gasteiger partial charge in [0.1, 0.15) is 10.7 Å². The summed E-state index contributed by atoms with van der Waals surface area (Å²) in [5.74, 6) is 5.45. The van der Waals surface area contributed by atoms with Crippen LogP contribution < -0.4 is 11.3 Å². The van der Waals surface area contributed by atoms with Crippen LogP contribution in [0.3, 0.4) is 0 Å². The highest BCUT2D eigenvalue weighted by Gasteiger charge is 2.18. The number of nitrogens with zero attached hydrogens (tertiary/aromatic N) is 3. The molecule has 0 bridgehead atoms. The van der Waals surface area contributed by atoms with Crippen LogP contribution in [0.25, 0.3) is 0 Å². The number of nitrogens with two attached hydrogens (primary N) is 1. The van der Waals surface area contributed by atoms with Crippen molar-refractivity contribution in [3.63, 3.8) is 0 Å². The van der Waals surface area contributed by atoms with Gasteiger partial charge in [-0.1, -0.05) is 18.3 Å². The number of hydrogen-bond acceptors (Lipinski definition) is 7. The molecule has 1 aromatic heterocycles. The minimum atomic E-state index is 0.535. The molecule has 0 saturated carbocycles. The lowest BCUT2D eigenvalue weighted by Gasteiger charge is -2.29. The summed E-state index contributed by atoms with van der Waals surface area (Å²) in [7, 11) is 1.72. The lowest BCUT2D eigenvalue weighted by Crippen LogP contribution is -2.36. The maximum atomic E-state index is 5.45. The molecule has 18 heavy (non-hydrogen) atoms. The largest absolute Gasteiger partial charge is 0.383 e. The Morgan fingerprint density at radius 2 is 2.17 bits per heavy atom. The van der Waals surface area contributed by atoms with Gasteiger partial charge in [0, 0.05) is 37.8 Å². The zero-order chi connectivity index (χ0) is 13.4. The van der Waals surface area contributed by atoms with Gasteiger partial charge in [-0.15, -0.1) is 5.10 Å². The smallest absolute Gasteiger partial charge is 0.148 e. The molecular weight excluding hydrogens is 250 g/mol. The molecule has 1 heterocycles. The van der Waals surface area contributed by atoms with E-state index in [0.29, 0.717) is 6.04 Å². The lowest BCUT2D eigenvalue weighted by molar-refractivity contribution is 0.109. The predicted octanol–water partition coefficient (Wildman–Crippen LogP) is 1.46. The average Bonchev–Trinajstić information content (AvgIpc) is 2.84. The van der Waals surface area contributed by atoms with E-state index in [1.165, 1.54) is 11.5 Å². The summed E-state index contributed by atoms with van der Waals surface area (Å²) in [5, 5.41) is 4.97. The second-order valence-corrected chi connectivity index (χ2v) is 4.88. The fourth-order valence-electron chi connectivity index (χ4n) is 2.02. The summed E-state index contributed by atoms with van der Waals surface area (Å²) in [6.07, 6.45) is 2.23. The van der Waals surface area contributed by atoms with Crippen molar-refractivity contribution in [3.05, 3.63) is 5.69 Å². The third-order valence-corrected chi connectivity index (χ3v) is 3.78. The van der Waals surface area contributed by atoms with Gasteiger partial charge in [-0.2, -0.15) is 0 Å². The lowest BCUT2D eigenvalue weighted by atomic mass is 10.1. The van der Waals surface area contributed by atoms with Gasteiger partial charge in [-0.05, 0) is 12.8 Å². The maximum absolute atomic E-state index is 5.45. The van der Waals surface area contributed by atoms with Gasteiger partial charge in [-0.25, -0.2) is 5.84 Å². The number of nitrogen functional groups attached to an aromatic ring is 1. The normalized spacial score (nSPS) is 11.4. The predicted molar refractivity (Wildman–Crippen MR) is 74.4 cm³/mol. The number of anilines is 1. The number of hydrazine groups is 1. The Bertz CT molecular complexity index is 329. The summed E-state index contributed by atoms with van der Waals surface area (Å²) in [5.41, 5.74) is 3.56. The van der Waals surface area contributed by atoms with Gasteiger partial charge in [0.2, 0.25) is 0 Å². The van der Waals surface area contributed by atoms with Gasteiger partial charge in [0.05, 0.1) is 6.61 Å². The number of aromatic nitrogens is 2. The molecule has 1 rings (SSSR count). The number of methoxy groups -OCH3 is 1. The molecule has 0 aliphatic rings. The molecule has 0 aliphatic heterocycles. The minimum Gasteiger partial charge on any atom is -0.383 e. The molecule has 0 aromatic carbocycles. The molecule has 0 saturated heterocycles. The second kappa shape index (κ2) is 8.36. The van der Waals surface area contributed by atoms with Gasteiger partial charge in [-0.3, -0.25) is 4.90 Å². The molecule has 7 heteroatoms. The van der Waals surface area contributed by atoms with E-state index in [9.17, 15) is 0 Å². The van der Waals surface area contributed by atoms with Gasteiger partial charge >= 0.3 is 0 Å². The van der Waals surface area contributed by atoms with Crippen molar-refractivity contribution in [2.45, 2.75) is 39.3 Å². The molecule has 0 atom stereocenters. The summed E-state index contributed by atoms with van der Waals surface area (Å²) in [4.78, 5) is 2.38. The van der Waals surface area contributed by atoms with Gasteiger partial charge in [0.25, 0.3) is 0 Å². The SMILES string of the molecule is CCC(CC)N(CCOC)Cc1nnsc1NN. The fraction of sp³-hybridized carbons (Fsp3) is 0.818. The maximum Gasteiger partial charge on any atom is 0.148 e. The van der Waals surface area contributed by atoms with Crippen LogP contribution in [0.4, 0.5) is 5.00 Å². The Hall–Kier alpha value is -0.760. The van der Waals surface area contributed by atoms with E-state index < -0.39 is 0 Å². The third kappa shape index (κ3) is 4.16.